The predicted octanol–water partition coefficient (Wildman–Crippen LogP) is 4.00. The van der Waals surface area contributed by atoms with Crippen molar-refractivity contribution in [3.05, 3.63) is 67.8 Å². The molecule has 0 radical (unpaired) electrons. The summed E-state index contributed by atoms with van der Waals surface area (Å²) in [6, 6.07) is 12.5. The molecule has 2 fully saturated rings. The van der Waals surface area contributed by atoms with Crippen molar-refractivity contribution in [2.24, 2.45) is 0 Å². The van der Waals surface area contributed by atoms with E-state index < -0.39 is 0 Å². The number of hydrogen-bond donors (Lipinski definition) is 0. The summed E-state index contributed by atoms with van der Waals surface area (Å²) >= 11 is 6.73. The Bertz CT molecular complexity index is 1340. The number of nitrogens with zero attached hydrogens (tertiary/aromatic N) is 5. The van der Waals surface area contributed by atoms with Crippen molar-refractivity contribution in [3.63, 3.8) is 0 Å². The van der Waals surface area contributed by atoms with Gasteiger partial charge in [-0.1, -0.05) is 67.7 Å². The van der Waals surface area contributed by atoms with Gasteiger partial charge in [-0.05, 0) is 30.5 Å². The number of piperazine rings is 1. The molecule has 0 unspecified atom stereocenters. The second-order valence-electron chi connectivity index (χ2n) is 9.73. The minimum Gasteiger partial charge on any atom is -0.383 e. The van der Waals surface area contributed by atoms with Gasteiger partial charge >= 0.3 is 0 Å². The molecule has 8 nitrogen and oxygen atoms in total. The van der Waals surface area contributed by atoms with Crippen LogP contribution in [-0.4, -0.2) is 71.0 Å². The molecule has 2 aliphatic rings. The molecule has 2 aliphatic heterocycles. The minimum absolute atomic E-state index is 0.124. The van der Waals surface area contributed by atoms with Crippen molar-refractivity contribution in [2.75, 3.05) is 51.3 Å². The van der Waals surface area contributed by atoms with Gasteiger partial charge in [-0.15, -0.1) is 0 Å². The smallest absolute Gasteiger partial charge is 0.270 e. The van der Waals surface area contributed by atoms with Gasteiger partial charge in [-0.25, -0.2) is 0 Å². The quantitative estimate of drug-likeness (QED) is 0.316. The number of anilines is 1. The Morgan fingerprint density at radius 1 is 1.13 bits per heavy atom. The van der Waals surface area contributed by atoms with Crippen LogP contribution >= 0.6 is 24.0 Å². The van der Waals surface area contributed by atoms with E-state index in [-0.39, 0.29) is 17.0 Å². The summed E-state index contributed by atoms with van der Waals surface area (Å²) in [4.78, 5) is 33.5. The molecule has 0 bridgehead atoms. The first-order valence-corrected chi connectivity index (χ1v) is 14.5. The molecule has 3 heterocycles. The third-order valence-electron chi connectivity index (χ3n) is 7.17. The minimum atomic E-state index is -0.269. The number of benzene rings is 1. The first kappa shape index (κ1) is 29.0. The second kappa shape index (κ2) is 13.4. The number of thioether (sulfide) groups is 1. The molecule has 0 atom stereocenters. The predicted molar refractivity (Wildman–Crippen MR) is 161 cm³/mol. The maximum atomic E-state index is 13.5. The summed E-state index contributed by atoms with van der Waals surface area (Å²) in [6.45, 7) is 9.20. The van der Waals surface area contributed by atoms with Crippen molar-refractivity contribution in [3.8, 4) is 6.07 Å². The number of hydrogen-bond acceptors (Lipinski definition) is 8. The van der Waals surface area contributed by atoms with E-state index in [4.69, 9.17) is 17.0 Å². The first-order chi connectivity index (χ1) is 18.9. The number of unbranched alkanes of at least 4 members (excludes halogenated alkanes) is 1. The van der Waals surface area contributed by atoms with Crippen LogP contribution < -0.4 is 10.5 Å². The van der Waals surface area contributed by atoms with Gasteiger partial charge in [0, 0.05) is 51.9 Å². The topological polar surface area (TPSA) is 81.8 Å². The number of carbonyl (C=O) groups excluding carboxylic acids is 1. The molecule has 2 aromatic rings. The number of thiocarbonyl (C=S) groups is 1. The van der Waals surface area contributed by atoms with Gasteiger partial charge in [0.2, 0.25) is 0 Å². The van der Waals surface area contributed by atoms with E-state index in [1.807, 2.05) is 12.1 Å². The fourth-order valence-electron chi connectivity index (χ4n) is 4.97. The number of aromatic nitrogens is 1. The van der Waals surface area contributed by atoms with E-state index in [9.17, 15) is 14.9 Å². The zero-order chi connectivity index (χ0) is 27.9. The number of carbonyl (C=O) groups is 1. The van der Waals surface area contributed by atoms with Crippen molar-refractivity contribution in [2.45, 2.75) is 39.8 Å². The molecule has 1 aromatic heterocycles. The first-order valence-electron chi connectivity index (χ1n) is 13.3. The van der Waals surface area contributed by atoms with Gasteiger partial charge in [0.1, 0.15) is 21.8 Å². The highest BCUT2D eigenvalue weighted by Crippen LogP contribution is 2.36. The summed E-state index contributed by atoms with van der Waals surface area (Å²) < 4.78 is 7.38. The number of methoxy groups -OCH3 is 1. The van der Waals surface area contributed by atoms with Crippen LogP contribution in [0.5, 0.6) is 0 Å². The largest absolute Gasteiger partial charge is 0.383 e. The normalized spacial score (nSPS) is 17.3. The molecule has 39 heavy (non-hydrogen) atoms. The van der Waals surface area contributed by atoms with Gasteiger partial charge in [-0.3, -0.25) is 24.0 Å². The van der Waals surface area contributed by atoms with Gasteiger partial charge < -0.3 is 9.64 Å². The third kappa shape index (κ3) is 6.44. The molecule has 1 aromatic carbocycles. The average molecular weight is 566 g/mol. The van der Waals surface area contributed by atoms with E-state index in [0.29, 0.717) is 34.5 Å². The van der Waals surface area contributed by atoms with Crippen LogP contribution in [0.3, 0.4) is 0 Å². The van der Waals surface area contributed by atoms with Gasteiger partial charge in [0.15, 0.2) is 0 Å². The summed E-state index contributed by atoms with van der Waals surface area (Å²) in [5, 5.41) is 9.92. The van der Waals surface area contributed by atoms with Crippen LogP contribution in [-0.2, 0) is 22.6 Å². The van der Waals surface area contributed by atoms with Crippen LogP contribution in [0.1, 0.15) is 42.0 Å². The highest BCUT2D eigenvalue weighted by molar-refractivity contribution is 8.26. The Morgan fingerprint density at radius 3 is 2.49 bits per heavy atom. The summed E-state index contributed by atoms with van der Waals surface area (Å²) in [5.74, 6) is 0.608. The zero-order valence-electron chi connectivity index (χ0n) is 22.8. The maximum Gasteiger partial charge on any atom is 0.270 e. The number of amides is 1. The van der Waals surface area contributed by atoms with E-state index in [0.717, 1.165) is 56.9 Å². The number of pyridine rings is 1. The highest BCUT2D eigenvalue weighted by Gasteiger charge is 2.33. The number of rotatable bonds is 10. The molecule has 0 N–H and O–H groups in total. The van der Waals surface area contributed by atoms with Crippen molar-refractivity contribution >= 4 is 46.1 Å². The lowest BCUT2D eigenvalue weighted by atomic mass is 10.0. The summed E-state index contributed by atoms with van der Waals surface area (Å²) in [7, 11) is 1.59. The fourth-order valence-corrected chi connectivity index (χ4v) is 6.26. The molecule has 0 saturated carbocycles. The van der Waals surface area contributed by atoms with E-state index >= 15 is 0 Å². The standard InChI is InChI=1S/C29H35N5O3S2/c1-4-5-11-33-26(32-14-12-31(13-15-32)20-22-9-7-6-8-10-22)23(21(2)24(19-30)27(33)35)18-25-28(36)34(16-17-37-3)29(38)39-25/h6-10,18H,4-5,11-17,20H2,1-3H3/b25-18+. The molecule has 4 rings (SSSR count). The monoisotopic (exact) mass is 565 g/mol. The maximum absolute atomic E-state index is 13.5. The summed E-state index contributed by atoms with van der Waals surface area (Å²) in [5.41, 5.74) is 2.47. The van der Waals surface area contributed by atoms with E-state index in [1.54, 1.807) is 23.5 Å². The third-order valence-corrected chi connectivity index (χ3v) is 8.55. The highest BCUT2D eigenvalue weighted by atomic mass is 32.2. The lowest BCUT2D eigenvalue weighted by molar-refractivity contribution is -0.122. The Kier molecular flexibility index (Phi) is 9.97. The number of nitriles is 1. The molecule has 0 spiro atoms. The Balaban J connectivity index is 1.73. The molecule has 0 aliphatic carbocycles. The zero-order valence-corrected chi connectivity index (χ0v) is 24.4. The van der Waals surface area contributed by atoms with Crippen LogP contribution in [0.15, 0.2) is 40.0 Å². The molecular formula is C29H35N5O3S2. The van der Waals surface area contributed by atoms with Crippen LogP contribution in [0.25, 0.3) is 6.08 Å². The summed E-state index contributed by atoms with van der Waals surface area (Å²) in [6.07, 6.45) is 3.56. The van der Waals surface area contributed by atoms with Crippen molar-refractivity contribution in [1.82, 2.24) is 14.4 Å². The van der Waals surface area contributed by atoms with Gasteiger partial charge in [-0.2, -0.15) is 5.26 Å². The molecular weight excluding hydrogens is 530 g/mol. The fraction of sp³-hybridized carbons (Fsp3) is 0.448. The molecule has 2 saturated heterocycles. The average Bonchev–Trinajstić information content (AvgIpc) is 3.21. The lowest BCUT2D eigenvalue weighted by Gasteiger charge is -2.38. The Labute approximate surface area is 239 Å². The molecule has 206 valence electrons. The number of ether oxygens (including phenoxy) is 1. The Morgan fingerprint density at radius 2 is 1.85 bits per heavy atom. The van der Waals surface area contributed by atoms with Crippen molar-refractivity contribution < 1.29 is 9.53 Å². The van der Waals surface area contributed by atoms with Crippen LogP contribution in [0.4, 0.5) is 5.82 Å². The van der Waals surface area contributed by atoms with Crippen LogP contribution in [0, 0.1) is 18.3 Å². The van der Waals surface area contributed by atoms with Gasteiger partial charge in [0.05, 0.1) is 18.1 Å². The SMILES string of the molecule is CCCCn1c(N2CCN(Cc3ccccc3)CC2)c(/C=C2/SC(=S)N(CCOC)C2=O)c(C)c(C#N)c1=O. The van der Waals surface area contributed by atoms with E-state index in [1.165, 1.54) is 17.3 Å². The van der Waals surface area contributed by atoms with E-state index in [2.05, 4.69) is 47.1 Å². The molecule has 1 amide bonds. The van der Waals surface area contributed by atoms with Crippen molar-refractivity contribution in [1.29, 1.82) is 5.26 Å². The Hall–Kier alpha value is -2.97. The van der Waals surface area contributed by atoms with Crippen LogP contribution in [0.2, 0.25) is 0 Å². The van der Waals surface area contributed by atoms with Gasteiger partial charge in [0.25, 0.3) is 11.5 Å². The lowest BCUT2D eigenvalue weighted by Crippen LogP contribution is -2.48. The second-order valence-corrected chi connectivity index (χ2v) is 11.4. The molecule has 10 heteroatoms.